The summed E-state index contributed by atoms with van der Waals surface area (Å²) in [5, 5.41) is 3.36. The molecule has 0 atom stereocenters. The molecule has 1 rings (SSSR count). The molecule has 25 heavy (non-hydrogen) atoms. The van der Waals surface area contributed by atoms with Crippen molar-refractivity contribution < 1.29 is 9.16 Å². The van der Waals surface area contributed by atoms with Gasteiger partial charge in [0.2, 0.25) is 8.32 Å². The van der Waals surface area contributed by atoms with Gasteiger partial charge in [-0.2, -0.15) is 0 Å². The predicted molar refractivity (Wildman–Crippen MR) is 112 cm³/mol. The maximum absolute atomic E-state index is 6.65. The number of nitrogen functional groups attached to an aromatic ring is 1. The molecule has 3 N–H and O–H groups in total. The number of ether oxygens (including phenoxy) is 1. The second-order valence-electron chi connectivity index (χ2n) is 7.80. The monoisotopic (exact) mass is 366 g/mol. The minimum absolute atomic E-state index is 0.589. The van der Waals surface area contributed by atoms with Crippen LogP contribution in [-0.4, -0.2) is 28.6 Å². The van der Waals surface area contributed by atoms with Crippen LogP contribution in [0.15, 0.2) is 18.2 Å². The van der Waals surface area contributed by atoms with Crippen LogP contribution in [0.25, 0.3) is 0 Å². The summed E-state index contributed by atoms with van der Waals surface area (Å²) in [6.45, 7) is 16.1. The molecule has 0 heterocycles. The fraction of sp³-hybridized carbons (Fsp3) is 0.700. The summed E-state index contributed by atoms with van der Waals surface area (Å²) in [6.07, 6.45) is 0.964. The average Bonchev–Trinajstić information content (AvgIpc) is 2.52. The summed E-state index contributed by atoms with van der Waals surface area (Å²) >= 11 is 0. The van der Waals surface area contributed by atoms with Crippen LogP contribution >= 0.6 is 0 Å². The maximum atomic E-state index is 6.65. The van der Waals surface area contributed by atoms with E-state index in [0.717, 1.165) is 36.5 Å². The molecule has 0 radical (unpaired) electrons. The van der Waals surface area contributed by atoms with Gasteiger partial charge in [0.05, 0.1) is 18.0 Å². The first-order chi connectivity index (χ1) is 11.8. The van der Waals surface area contributed by atoms with Crippen LogP contribution in [0.1, 0.15) is 53.5 Å². The molecular formula is C20H38N2O2Si. The quantitative estimate of drug-likeness (QED) is 0.312. The van der Waals surface area contributed by atoms with Gasteiger partial charge in [0.15, 0.2) is 0 Å². The Hall–Kier alpha value is -1.04. The Balaban J connectivity index is 2.77. The first kappa shape index (κ1) is 22.0. The summed E-state index contributed by atoms with van der Waals surface area (Å²) in [7, 11) is -0.122. The van der Waals surface area contributed by atoms with Gasteiger partial charge in [0.1, 0.15) is 0 Å². The molecular weight excluding hydrogens is 328 g/mol. The first-order valence-electron chi connectivity index (χ1n) is 9.50. The minimum Gasteiger partial charge on any atom is -0.412 e. The second kappa shape index (κ2) is 10.2. The van der Waals surface area contributed by atoms with Gasteiger partial charge < -0.3 is 20.2 Å². The zero-order chi connectivity index (χ0) is 19.0. The van der Waals surface area contributed by atoms with E-state index in [1.54, 1.807) is 7.11 Å². The highest BCUT2D eigenvalue weighted by Gasteiger charge is 2.44. The number of hydrogen-bond acceptors (Lipinski definition) is 4. The molecule has 1 aromatic rings. The fourth-order valence-corrected chi connectivity index (χ4v) is 9.43. The van der Waals surface area contributed by atoms with Crippen LogP contribution in [0.3, 0.4) is 0 Å². The van der Waals surface area contributed by atoms with Crippen molar-refractivity contribution in [2.24, 2.45) is 0 Å². The molecule has 4 nitrogen and oxygen atoms in total. The summed E-state index contributed by atoms with van der Waals surface area (Å²) < 4.78 is 11.7. The van der Waals surface area contributed by atoms with E-state index in [9.17, 15) is 0 Å². The van der Waals surface area contributed by atoms with E-state index in [-0.39, 0.29) is 0 Å². The lowest BCUT2D eigenvalue weighted by Gasteiger charge is -2.42. The topological polar surface area (TPSA) is 56.5 Å². The van der Waals surface area contributed by atoms with Gasteiger partial charge >= 0.3 is 0 Å². The van der Waals surface area contributed by atoms with Crippen molar-refractivity contribution in [3.8, 4) is 0 Å². The van der Waals surface area contributed by atoms with Gasteiger partial charge in [-0.3, -0.25) is 0 Å². The highest BCUT2D eigenvalue weighted by atomic mass is 28.4. The number of hydrogen-bond donors (Lipinski definition) is 2. The molecule has 0 aromatic heterocycles. The number of anilines is 2. The third kappa shape index (κ3) is 5.73. The van der Waals surface area contributed by atoms with E-state index >= 15 is 0 Å². The molecule has 0 aliphatic rings. The second-order valence-corrected chi connectivity index (χ2v) is 13.3. The molecule has 144 valence electrons. The third-order valence-corrected chi connectivity index (χ3v) is 11.2. The molecule has 0 fully saturated rings. The summed E-state index contributed by atoms with van der Waals surface area (Å²) in [6, 6.07) is 6.22. The summed E-state index contributed by atoms with van der Waals surface area (Å²) in [5.74, 6) is 0. The molecule has 0 saturated heterocycles. The van der Waals surface area contributed by atoms with E-state index in [1.165, 1.54) is 0 Å². The third-order valence-electron chi connectivity index (χ3n) is 5.15. The van der Waals surface area contributed by atoms with E-state index in [2.05, 4.69) is 59.0 Å². The van der Waals surface area contributed by atoms with Crippen molar-refractivity contribution in [1.29, 1.82) is 0 Å². The van der Waals surface area contributed by atoms with E-state index < -0.39 is 8.32 Å². The highest BCUT2D eigenvalue weighted by Crippen LogP contribution is 2.42. The molecule has 0 saturated carbocycles. The minimum atomic E-state index is -1.84. The van der Waals surface area contributed by atoms with Gasteiger partial charge in [-0.1, -0.05) is 47.6 Å². The van der Waals surface area contributed by atoms with Crippen LogP contribution in [-0.2, 0) is 15.8 Å². The van der Waals surface area contributed by atoms with E-state index in [0.29, 0.717) is 23.2 Å². The standard InChI is InChI=1S/C20H38N2O2Si/c1-15(2)25(16(3)4,17(5)6)24-14-18-9-10-20(19(21)13-18)22-11-8-12-23-7/h9-10,13,15-17,22H,8,11-12,14,21H2,1-7H3. The van der Waals surface area contributed by atoms with Crippen molar-refractivity contribution in [2.45, 2.75) is 71.2 Å². The SMILES string of the molecule is COCCCNc1ccc(CO[Si](C(C)C)(C(C)C)C(C)C)cc1N. The molecule has 1 aromatic carbocycles. The number of benzene rings is 1. The molecule has 0 aliphatic heterocycles. The first-order valence-corrected chi connectivity index (χ1v) is 11.6. The molecule has 0 amide bonds. The van der Waals surface area contributed by atoms with Crippen molar-refractivity contribution >= 4 is 19.7 Å². The lowest BCUT2D eigenvalue weighted by molar-refractivity contribution is 0.198. The van der Waals surface area contributed by atoms with Gasteiger partial charge in [-0.05, 0) is 40.7 Å². The predicted octanol–water partition coefficient (Wildman–Crippen LogP) is 5.41. The Kier molecular flexibility index (Phi) is 8.97. The summed E-state index contributed by atoms with van der Waals surface area (Å²) in [4.78, 5) is 0. The fourth-order valence-electron chi connectivity index (χ4n) is 4.01. The Labute approximate surface area is 155 Å². The van der Waals surface area contributed by atoms with Crippen LogP contribution in [0.2, 0.25) is 16.6 Å². The Morgan fingerprint density at radius 3 is 2.12 bits per heavy atom. The van der Waals surface area contributed by atoms with Crippen molar-refractivity contribution in [3.63, 3.8) is 0 Å². The molecule has 0 aliphatic carbocycles. The highest BCUT2D eigenvalue weighted by molar-refractivity contribution is 6.77. The van der Waals surface area contributed by atoms with Gasteiger partial charge in [0.25, 0.3) is 0 Å². The Morgan fingerprint density at radius 2 is 1.64 bits per heavy atom. The van der Waals surface area contributed by atoms with Gasteiger partial charge in [-0.15, -0.1) is 0 Å². The summed E-state index contributed by atoms with van der Waals surface area (Å²) in [5.41, 5.74) is 10.9. The van der Waals surface area contributed by atoms with Gasteiger partial charge in [0, 0.05) is 20.3 Å². The number of methoxy groups -OCH3 is 1. The maximum Gasteiger partial charge on any atom is 0.200 e. The molecule has 5 heteroatoms. The number of rotatable bonds is 11. The number of nitrogens with two attached hydrogens (primary N) is 1. The zero-order valence-corrected chi connectivity index (χ0v) is 18.2. The number of nitrogens with one attached hydrogen (secondary N) is 1. The van der Waals surface area contributed by atoms with E-state index in [4.69, 9.17) is 14.9 Å². The van der Waals surface area contributed by atoms with Crippen LogP contribution in [0, 0.1) is 0 Å². The van der Waals surface area contributed by atoms with Crippen LogP contribution < -0.4 is 11.1 Å². The van der Waals surface area contributed by atoms with Gasteiger partial charge in [-0.25, -0.2) is 0 Å². The van der Waals surface area contributed by atoms with Crippen LogP contribution in [0.5, 0.6) is 0 Å². The Morgan fingerprint density at radius 1 is 1.04 bits per heavy atom. The lowest BCUT2D eigenvalue weighted by Crippen LogP contribution is -2.47. The van der Waals surface area contributed by atoms with Crippen molar-refractivity contribution in [1.82, 2.24) is 0 Å². The molecule has 0 unspecified atom stereocenters. The van der Waals surface area contributed by atoms with Crippen LogP contribution in [0.4, 0.5) is 11.4 Å². The smallest absolute Gasteiger partial charge is 0.200 e. The zero-order valence-electron chi connectivity index (χ0n) is 17.2. The van der Waals surface area contributed by atoms with Crippen molar-refractivity contribution in [2.75, 3.05) is 31.3 Å². The molecule has 0 spiro atoms. The van der Waals surface area contributed by atoms with Crippen molar-refractivity contribution in [3.05, 3.63) is 23.8 Å². The largest absolute Gasteiger partial charge is 0.412 e. The van der Waals surface area contributed by atoms with E-state index in [1.807, 2.05) is 6.07 Å². The Bertz CT molecular complexity index is 497. The lowest BCUT2D eigenvalue weighted by atomic mass is 10.2. The average molecular weight is 367 g/mol. The normalized spacial score (nSPS) is 12.4. The molecule has 0 bridgehead atoms.